The summed E-state index contributed by atoms with van der Waals surface area (Å²) in [5, 5.41) is 8.68. The Balaban J connectivity index is 1.02. The Labute approximate surface area is 399 Å². The van der Waals surface area contributed by atoms with Crippen molar-refractivity contribution in [2.24, 2.45) is 0 Å². The number of furan rings is 3. The van der Waals surface area contributed by atoms with Gasteiger partial charge in [-0.2, -0.15) is 0 Å². The molecule has 0 fully saturated rings. The van der Waals surface area contributed by atoms with Crippen LogP contribution in [0.3, 0.4) is 0 Å². The molecule has 0 N–H and O–H groups in total. The molecule has 5 aromatic heterocycles. The van der Waals surface area contributed by atoms with Gasteiger partial charge >= 0.3 is 0 Å². The molecule has 0 aliphatic heterocycles. The van der Waals surface area contributed by atoms with E-state index >= 15 is 0 Å². The summed E-state index contributed by atoms with van der Waals surface area (Å²) in [7, 11) is 0. The van der Waals surface area contributed by atoms with Gasteiger partial charge in [-0.1, -0.05) is 146 Å². The minimum Gasteiger partial charge on any atom is -0.456 e. The summed E-state index contributed by atoms with van der Waals surface area (Å²) in [6.07, 6.45) is 0. The number of rotatable bonds is 6. The highest BCUT2D eigenvalue weighted by atomic mass is 16.3. The van der Waals surface area contributed by atoms with Crippen LogP contribution in [0, 0.1) is 0 Å². The molecular formula is C63H36N4O3. The molecule has 0 unspecified atom stereocenters. The molecule has 7 heteroatoms. The first-order chi connectivity index (χ1) is 34.7. The zero-order chi connectivity index (χ0) is 45.9. The molecule has 15 aromatic rings. The van der Waals surface area contributed by atoms with E-state index in [9.17, 15) is 0 Å². The number of para-hydroxylation sites is 4. The highest BCUT2D eigenvalue weighted by Crippen LogP contribution is 2.46. The predicted molar refractivity (Wildman–Crippen MR) is 283 cm³/mol. The van der Waals surface area contributed by atoms with Crippen molar-refractivity contribution in [2.75, 3.05) is 0 Å². The molecular weight excluding hydrogens is 861 g/mol. The minimum atomic E-state index is 0.524. The Kier molecular flexibility index (Phi) is 8.23. The molecule has 0 spiro atoms. The van der Waals surface area contributed by atoms with Gasteiger partial charge in [-0.3, -0.25) is 0 Å². The molecule has 0 amide bonds. The third-order valence-corrected chi connectivity index (χ3v) is 13.8. The second-order valence-electron chi connectivity index (χ2n) is 17.9. The summed E-state index contributed by atoms with van der Waals surface area (Å²) in [6.45, 7) is 0. The van der Waals surface area contributed by atoms with Crippen LogP contribution < -0.4 is 0 Å². The largest absolute Gasteiger partial charge is 0.456 e. The van der Waals surface area contributed by atoms with E-state index in [1.54, 1.807) is 0 Å². The summed E-state index contributed by atoms with van der Waals surface area (Å²) in [5.41, 5.74) is 14.6. The lowest BCUT2D eigenvalue weighted by Gasteiger charge is -2.21. The average Bonchev–Trinajstić information content (AvgIpc) is 4.18. The third-order valence-electron chi connectivity index (χ3n) is 13.8. The van der Waals surface area contributed by atoms with Gasteiger partial charge in [-0.05, 0) is 77.9 Å². The molecule has 0 saturated heterocycles. The lowest BCUT2D eigenvalue weighted by molar-refractivity contribution is 0.668. The summed E-state index contributed by atoms with van der Waals surface area (Å²) in [4.78, 5) is 16.0. The molecule has 7 nitrogen and oxygen atoms in total. The molecule has 0 saturated carbocycles. The SMILES string of the molecule is c1ccc(-c2cc(-c3nc(-c4ccc5c(c4)oc4ccccc45)nc(-c4ccc5c(c4)oc4ccccc45)n3)cc(-c3ccccc3)c2-n2c3ccccc3c3cc4c(cc32)oc2ccccc24)cc1. The lowest BCUT2D eigenvalue weighted by atomic mass is 9.92. The second kappa shape index (κ2) is 15.0. The fraction of sp³-hybridized carbons (Fsp3) is 0. The molecule has 326 valence electrons. The number of aromatic nitrogens is 4. The van der Waals surface area contributed by atoms with Gasteiger partial charge in [0.2, 0.25) is 0 Å². The van der Waals surface area contributed by atoms with Crippen molar-refractivity contribution < 1.29 is 13.3 Å². The van der Waals surface area contributed by atoms with Crippen LogP contribution in [0.4, 0.5) is 0 Å². The second-order valence-corrected chi connectivity index (χ2v) is 17.9. The van der Waals surface area contributed by atoms with Crippen molar-refractivity contribution in [1.29, 1.82) is 0 Å². The van der Waals surface area contributed by atoms with E-state index in [1.165, 1.54) is 0 Å². The van der Waals surface area contributed by atoms with Gasteiger partial charge in [0.1, 0.15) is 33.5 Å². The Morgan fingerprint density at radius 2 is 0.671 bits per heavy atom. The summed E-state index contributed by atoms with van der Waals surface area (Å²) in [5.74, 6) is 1.58. The first-order valence-corrected chi connectivity index (χ1v) is 23.4. The minimum absolute atomic E-state index is 0.524. The molecule has 0 bridgehead atoms. The van der Waals surface area contributed by atoms with Crippen LogP contribution in [0.1, 0.15) is 0 Å². The van der Waals surface area contributed by atoms with Crippen LogP contribution in [-0.4, -0.2) is 19.5 Å². The van der Waals surface area contributed by atoms with Crippen LogP contribution in [0.15, 0.2) is 232 Å². The zero-order valence-corrected chi connectivity index (χ0v) is 37.3. The van der Waals surface area contributed by atoms with Gasteiger partial charge in [0.15, 0.2) is 17.5 Å². The molecule has 0 radical (unpaired) electrons. The summed E-state index contributed by atoms with van der Waals surface area (Å²) in [6, 6.07) is 75.8. The molecule has 0 aliphatic carbocycles. The van der Waals surface area contributed by atoms with Gasteiger partial charge in [-0.25, -0.2) is 15.0 Å². The molecule has 15 rings (SSSR count). The van der Waals surface area contributed by atoms with Gasteiger partial charge < -0.3 is 17.8 Å². The van der Waals surface area contributed by atoms with E-state index in [0.29, 0.717) is 17.5 Å². The molecule has 0 aliphatic rings. The first-order valence-electron chi connectivity index (χ1n) is 23.4. The molecule has 5 heterocycles. The standard InChI is InChI=1S/C63H36N4O3/c1-3-15-37(16-4-1)48-31-41(32-49(38-17-5-2-6-18-38)60(48)67-52-23-11-7-19-42(52)50-35-51-45-22-10-14-26-56(45)70-59(51)36-53(50)67)63-65-61(39-27-29-46-43-20-8-12-24-54(43)68-57(46)33-39)64-62(66-63)40-28-30-47-44-21-9-13-25-55(44)69-58(47)34-40/h1-36H. The van der Waals surface area contributed by atoms with Gasteiger partial charge in [-0.15, -0.1) is 0 Å². The number of nitrogens with zero attached hydrogens (tertiary/aromatic N) is 4. The van der Waals surface area contributed by atoms with E-state index in [2.05, 4.69) is 162 Å². The van der Waals surface area contributed by atoms with E-state index < -0.39 is 0 Å². The van der Waals surface area contributed by atoms with Gasteiger partial charge in [0, 0.05) is 77.0 Å². The van der Waals surface area contributed by atoms with E-state index in [4.69, 9.17) is 28.2 Å². The van der Waals surface area contributed by atoms with Crippen LogP contribution >= 0.6 is 0 Å². The first kappa shape index (κ1) is 38.5. The molecule has 10 aromatic carbocycles. The quantitative estimate of drug-likeness (QED) is 0.165. The van der Waals surface area contributed by atoms with Gasteiger partial charge in [0.25, 0.3) is 0 Å². The Morgan fingerprint density at radius 1 is 0.257 bits per heavy atom. The number of hydrogen-bond donors (Lipinski definition) is 0. The molecule has 0 atom stereocenters. The third kappa shape index (κ3) is 5.91. The van der Waals surface area contributed by atoms with Crippen molar-refractivity contribution in [3.8, 4) is 62.1 Å². The Bertz CT molecular complexity index is 4410. The highest BCUT2D eigenvalue weighted by Gasteiger charge is 2.25. The Morgan fingerprint density at radius 3 is 1.20 bits per heavy atom. The average molecular weight is 897 g/mol. The van der Waals surface area contributed by atoms with Crippen molar-refractivity contribution in [1.82, 2.24) is 19.5 Å². The fourth-order valence-electron chi connectivity index (χ4n) is 10.6. The number of benzene rings is 10. The lowest BCUT2D eigenvalue weighted by Crippen LogP contribution is -2.04. The topological polar surface area (TPSA) is 83.0 Å². The highest BCUT2D eigenvalue weighted by molar-refractivity contribution is 6.18. The summed E-state index contributed by atoms with van der Waals surface area (Å²) >= 11 is 0. The predicted octanol–water partition coefficient (Wildman–Crippen LogP) is 17.0. The maximum absolute atomic E-state index is 6.58. The maximum atomic E-state index is 6.58. The zero-order valence-electron chi connectivity index (χ0n) is 37.3. The monoisotopic (exact) mass is 896 g/mol. The maximum Gasteiger partial charge on any atom is 0.164 e. The normalized spacial score (nSPS) is 12.0. The van der Waals surface area contributed by atoms with Crippen molar-refractivity contribution in [2.45, 2.75) is 0 Å². The molecule has 70 heavy (non-hydrogen) atoms. The van der Waals surface area contributed by atoms with E-state index in [-0.39, 0.29) is 0 Å². The van der Waals surface area contributed by atoms with Crippen LogP contribution in [0.2, 0.25) is 0 Å². The van der Waals surface area contributed by atoms with E-state index in [0.717, 1.165) is 132 Å². The number of hydrogen-bond acceptors (Lipinski definition) is 6. The fourth-order valence-corrected chi connectivity index (χ4v) is 10.6. The van der Waals surface area contributed by atoms with E-state index in [1.807, 2.05) is 60.7 Å². The summed E-state index contributed by atoms with van der Waals surface area (Å²) < 4.78 is 21.8. The van der Waals surface area contributed by atoms with Crippen molar-refractivity contribution in [3.63, 3.8) is 0 Å². The van der Waals surface area contributed by atoms with Crippen molar-refractivity contribution in [3.05, 3.63) is 218 Å². The van der Waals surface area contributed by atoms with Gasteiger partial charge in [0.05, 0.1) is 16.7 Å². The van der Waals surface area contributed by atoms with Crippen LogP contribution in [-0.2, 0) is 0 Å². The van der Waals surface area contributed by atoms with Crippen LogP contribution in [0.5, 0.6) is 0 Å². The van der Waals surface area contributed by atoms with Crippen molar-refractivity contribution >= 4 is 87.6 Å². The smallest absolute Gasteiger partial charge is 0.164 e. The van der Waals surface area contributed by atoms with Crippen LogP contribution in [0.25, 0.3) is 150 Å². The Hall–Kier alpha value is -9.59. The number of fused-ring (bicyclic) bond motifs is 12.